The number of nitrogens with zero attached hydrogens (tertiary/aromatic N) is 2. The molecule has 0 radical (unpaired) electrons. The fraction of sp³-hybridized carbons (Fsp3) is 0.667. The predicted octanol–water partition coefficient (Wildman–Crippen LogP) is 2.05. The Kier molecular flexibility index (Phi) is 5.18. The molecule has 1 amide bonds. The monoisotopic (exact) mass is 357 g/mol. The highest BCUT2D eigenvalue weighted by molar-refractivity contribution is 5.77. The quantitative estimate of drug-likeness (QED) is 0.846. The van der Waals surface area contributed by atoms with Gasteiger partial charge in [0.2, 0.25) is 5.91 Å². The molecular formula is C21H31N3O2. The molecule has 2 heterocycles. The molecule has 5 heteroatoms. The lowest BCUT2D eigenvalue weighted by Crippen LogP contribution is -2.70. The van der Waals surface area contributed by atoms with E-state index in [1.807, 2.05) is 14.1 Å². The van der Waals surface area contributed by atoms with Crippen LogP contribution in [0.5, 0.6) is 0 Å². The van der Waals surface area contributed by atoms with Crippen molar-refractivity contribution in [3.63, 3.8) is 0 Å². The summed E-state index contributed by atoms with van der Waals surface area (Å²) in [7, 11) is 4.08. The third-order valence-corrected chi connectivity index (χ3v) is 6.33. The zero-order chi connectivity index (χ0) is 18.1. The molecule has 0 aromatic heterocycles. The Balaban J connectivity index is 1.30. The first-order chi connectivity index (χ1) is 12.6. The van der Waals surface area contributed by atoms with Crippen LogP contribution in [-0.2, 0) is 16.0 Å². The molecule has 3 aliphatic rings. The molecule has 1 N–H and O–H groups in total. The van der Waals surface area contributed by atoms with Gasteiger partial charge in [-0.2, -0.15) is 0 Å². The summed E-state index contributed by atoms with van der Waals surface area (Å²) < 4.78 is 5.95. The van der Waals surface area contributed by atoms with Crippen LogP contribution in [0.15, 0.2) is 24.3 Å². The van der Waals surface area contributed by atoms with Crippen LogP contribution in [0.1, 0.15) is 31.2 Å². The van der Waals surface area contributed by atoms with Crippen molar-refractivity contribution in [2.75, 3.05) is 38.7 Å². The van der Waals surface area contributed by atoms with Crippen molar-refractivity contribution in [2.24, 2.45) is 5.92 Å². The van der Waals surface area contributed by atoms with Gasteiger partial charge in [-0.3, -0.25) is 9.69 Å². The van der Waals surface area contributed by atoms with E-state index in [0.29, 0.717) is 24.5 Å². The summed E-state index contributed by atoms with van der Waals surface area (Å²) in [6.45, 7) is 3.16. The Bertz CT molecular complexity index is 620. The maximum absolute atomic E-state index is 12.6. The molecule has 4 rings (SSSR count). The van der Waals surface area contributed by atoms with Crippen molar-refractivity contribution in [2.45, 2.75) is 50.3 Å². The maximum atomic E-state index is 12.6. The van der Waals surface area contributed by atoms with Gasteiger partial charge >= 0.3 is 0 Å². The lowest BCUT2D eigenvalue weighted by molar-refractivity contribution is -0.128. The van der Waals surface area contributed by atoms with Crippen LogP contribution in [0, 0.1) is 5.92 Å². The second-order valence-electron chi connectivity index (χ2n) is 8.18. The predicted molar refractivity (Wildman–Crippen MR) is 103 cm³/mol. The summed E-state index contributed by atoms with van der Waals surface area (Å²) in [5, 5.41) is 3.35. The summed E-state index contributed by atoms with van der Waals surface area (Å²) in [4.78, 5) is 17.2. The lowest BCUT2D eigenvalue weighted by Gasteiger charge is -2.51. The molecular weight excluding hydrogens is 326 g/mol. The number of carbonyl (C=O) groups is 1. The van der Waals surface area contributed by atoms with Crippen molar-refractivity contribution >= 4 is 11.6 Å². The first-order valence-electron chi connectivity index (χ1n) is 10.0. The molecule has 0 unspecified atom stereocenters. The van der Waals surface area contributed by atoms with Crippen molar-refractivity contribution in [1.29, 1.82) is 0 Å². The second kappa shape index (κ2) is 7.57. The van der Waals surface area contributed by atoms with E-state index in [0.717, 1.165) is 32.5 Å². The van der Waals surface area contributed by atoms with Crippen LogP contribution >= 0.6 is 0 Å². The molecule has 2 aliphatic heterocycles. The number of rotatable bonds is 6. The summed E-state index contributed by atoms with van der Waals surface area (Å²) in [5.74, 6) is 0.699. The number of benzene rings is 1. The van der Waals surface area contributed by atoms with E-state index in [9.17, 15) is 4.79 Å². The van der Waals surface area contributed by atoms with E-state index in [4.69, 9.17) is 4.74 Å². The molecule has 4 atom stereocenters. The van der Waals surface area contributed by atoms with Crippen LogP contribution in [-0.4, -0.2) is 62.8 Å². The average Bonchev–Trinajstić information content (AvgIpc) is 3.29. The normalized spacial score (nSPS) is 30.7. The zero-order valence-electron chi connectivity index (χ0n) is 16.0. The minimum Gasteiger partial charge on any atom is -0.378 e. The van der Waals surface area contributed by atoms with E-state index in [1.165, 1.54) is 24.1 Å². The Hall–Kier alpha value is -1.59. The third-order valence-electron chi connectivity index (χ3n) is 6.33. The SMILES string of the molecule is CN(C)c1ccc(CCC(=O)N[C@H]2[C@H]3CCO[C@H]3[C@@H]2N2CCCC2)cc1. The molecule has 1 aromatic carbocycles. The number of carbonyl (C=O) groups excluding carboxylic acids is 1. The molecule has 1 saturated carbocycles. The molecule has 26 heavy (non-hydrogen) atoms. The highest BCUT2D eigenvalue weighted by Gasteiger charge is 2.56. The Morgan fingerprint density at radius 2 is 1.96 bits per heavy atom. The summed E-state index contributed by atoms with van der Waals surface area (Å²) >= 11 is 0. The van der Waals surface area contributed by atoms with Gasteiger partial charge in [0.15, 0.2) is 0 Å². The minimum absolute atomic E-state index is 0.182. The van der Waals surface area contributed by atoms with Crippen LogP contribution in [0.25, 0.3) is 0 Å². The van der Waals surface area contributed by atoms with Gasteiger partial charge in [-0.15, -0.1) is 0 Å². The van der Waals surface area contributed by atoms with Crippen molar-refractivity contribution < 1.29 is 9.53 Å². The smallest absolute Gasteiger partial charge is 0.220 e. The standard InChI is InChI=1S/C21H31N3O2/c1-23(2)16-8-5-15(6-9-16)7-10-18(25)22-19-17-11-14-26-21(17)20(19)24-12-3-4-13-24/h5-6,8-9,17,19-21H,3-4,7,10-14H2,1-2H3,(H,22,25)/t17-,19+,20-,21-/m1/s1. The Labute approximate surface area is 156 Å². The van der Waals surface area contributed by atoms with Crippen LogP contribution in [0.4, 0.5) is 5.69 Å². The fourth-order valence-electron chi connectivity index (χ4n) is 4.82. The summed E-state index contributed by atoms with van der Waals surface area (Å²) in [5.41, 5.74) is 2.41. The van der Waals surface area contributed by atoms with Gasteiger partial charge in [0.25, 0.3) is 0 Å². The number of amides is 1. The molecule has 3 fully saturated rings. The van der Waals surface area contributed by atoms with Crippen molar-refractivity contribution in [1.82, 2.24) is 10.2 Å². The molecule has 1 aliphatic carbocycles. The Morgan fingerprint density at radius 3 is 2.65 bits per heavy atom. The summed E-state index contributed by atoms with van der Waals surface area (Å²) in [6.07, 6.45) is 5.34. The molecule has 1 aromatic rings. The van der Waals surface area contributed by atoms with Gasteiger partial charge in [0.1, 0.15) is 0 Å². The van der Waals surface area contributed by atoms with Gasteiger partial charge in [-0.25, -0.2) is 0 Å². The van der Waals surface area contributed by atoms with Gasteiger partial charge in [0, 0.05) is 38.7 Å². The molecule has 0 spiro atoms. The van der Waals surface area contributed by atoms with Crippen molar-refractivity contribution in [3.05, 3.63) is 29.8 Å². The highest BCUT2D eigenvalue weighted by Crippen LogP contribution is 2.42. The largest absolute Gasteiger partial charge is 0.378 e. The number of nitrogens with one attached hydrogen (secondary N) is 1. The fourth-order valence-corrected chi connectivity index (χ4v) is 4.82. The number of ether oxygens (including phenoxy) is 1. The lowest BCUT2D eigenvalue weighted by atomic mass is 9.70. The van der Waals surface area contributed by atoms with Crippen molar-refractivity contribution in [3.8, 4) is 0 Å². The van der Waals surface area contributed by atoms with Gasteiger partial charge < -0.3 is 15.0 Å². The number of hydrogen-bond donors (Lipinski definition) is 1. The maximum Gasteiger partial charge on any atom is 0.220 e. The molecule has 0 bridgehead atoms. The van der Waals surface area contributed by atoms with Crippen LogP contribution < -0.4 is 10.2 Å². The van der Waals surface area contributed by atoms with Gasteiger partial charge in [0.05, 0.1) is 18.2 Å². The third kappa shape index (κ3) is 3.47. The average molecular weight is 357 g/mol. The van der Waals surface area contributed by atoms with Gasteiger partial charge in [-0.05, 0) is 56.5 Å². The number of anilines is 1. The van der Waals surface area contributed by atoms with Crippen LogP contribution in [0.3, 0.4) is 0 Å². The number of hydrogen-bond acceptors (Lipinski definition) is 4. The first-order valence-corrected chi connectivity index (χ1v) is 10.0. The second-order valence-corrected chi connectivity index (χ2v) is 8.18. The topological polar surface area (TPSA) is 44.8 Å². The molecule has 2 saturated heterocycles. The zero-order valence-corrected chi connectivity index (χ0v) is 16.0. The van der Waals surface area contributed by atoms with Gasteiger partial charge in [-0.1, -0.05) is 12.1 Å². The van der Waals surface area contributed by atoms with Crippen LogP contribution in [0.2, 0.25) is 0 Å². The highest BCUT2D eigenvalue weighted by atomic mass is 16.5. The van der Waals surface area contributed by atoms with E-state index >= 15 is 0 Å². The van der Waals surface area contributed by atoms with E-state index in [-0.39, 0.29) is 11.9 Å². The first kappa shape index (κ1) is 17.8. The molecule has 142 valence electrons. The Morgan fingerprint density at radius 1 is 1.23 bits per heavy atom. The molecule has 5 nitrogen and oxygen atoms in total. The minimum atomic E-state index is 0.182. The number of likely N-dealkylation sites (tertiary alicyclic amines) is 1. The number of fused-ring (bicyclic) bond motifs is 1. The number of aryl methyl sites for hydroxylation is 1. The summed E-state index contributed by atoms with van der Waals surface area (Å²) in [6, 6.07) is 9.16. The van der Waals surface area contributed by atoms with E-state index < -0.39 is 0 Å². The van der Waals surface area contributed by atoms with E-state index in [2.05, 4.69) is 39.4 Å². The van der Waals surface area contributed by atoms with E-state index in [1.54, 1.807) is 0 Å².